The number of rotatable bonds is 8. The van der Waals surface area contributed by atoms with Crippen LogP contribution in [0.1, 0.15) is 69.5 Å². The van der Waals surface area contributed by atoms with Gasteiger partial charge < -0.3 is 15.2 Å². The number of carbonyl (C=O) groups is 1. The van der Waals surface area contributed by atoms with E-state index in [0.717, 1.165) is 30.2 Å². The quantitative estimate of drug-likeness (QED) is 0.407. The first-order valence-corrected chi connectivity index (χ1v) is 11.8. The van der Waals surface area contributed by atoms with Crippen molar-refractivity contribution >= 4 is 16.7 Å². The molecule has 3 aromatic carbocycles. The van der Waals surface area contributed by atoms with Crippen molar-refractivity contribution < 1.29 is 19.0 Å². The molecule has 174 valence electrons. The van der Waals surface area contributed by atoms with E-state index in [1.54, 1.807) is 13.0 Å². The van der Waals surface area contributed by atoms with Crippen molar-refractivity contribution in [1.82, 2.24) is 5.32 Å². The van der Waals surface area contributed by atoms with Crippen LogP contribution in [0.15, 0.2) is 60.7 Å². The van der Waals surface area contributed by atoms with Crippen molar-refractivity contribution in [3.8, 4) is 5.75 Å². The zero-order chi connectivity index (χ0) is 23.6. The summed E-state index contributed by atoms with van der Waals surface area (Å²) in [7, 11) is 0. The molecule has 33 heavy (non-hydrogen) atoms. The number of aliphatic carboxylic acids is 1. The molecule has 4 atom stereocenters. The van der Waals surface area contributed by atoms with Crippen molar-refractivity contribution in [2.45, 2.75) is 70.1 Å². The van der Waals surface area contributed by atoms with Crippen LogP contribution in [0.5, 0.6) is 5.75 Å². The van der Waals surface area contributed by atoms with Crippen LogP contribution in [-0.4, -0.2) is 22.7 Å². The molecular weight excluding hydrogens is 417 g/mol. The van der Waals surface area contributed by atoms with Crippen molar-refractivity contribution in [1.29, 1.82) is 0 Å². The molecule has 4 nitrogen and oxygen atoms in total. The molecule has 0 aliphatic heterocycles. The van der Waals surface area contributed by atoms with Crippen LogP contribution in [0.4, 0.5) is 4.39 Å². The molecule has 3 aromatic rings. The monoisotopic (exact) mass is 449 g/mol. The third-order valence-corrected chi connectivity index (χ3v) is 7.11. The Morgan fingerprint density at radius 2 is 1.82 bits per heavy atom. The van der Waals surface area contributed by atoms with E-state index in [1.165, 1.54) is 5.56 Å². The summed E-state index contributed by atoms with van der Waals surface area (Å²) in [6, 6.07) is 19.5. The highest BCUT2D eigenvalue weighted by atomic mass is 19.1. The van der Waals surface area contributed by atoms with Gasteiger partial charge in [-0.25, -0.2) is 9.18 Å². The number of benzene rings is 3. The summed E-state index contributed by atoms with van der Waals surface area (Å²) in [4.78, 5) is 11.5. The lowest BCUT2D eigenvalue weighted by Crippen LogP contribution is -2.40. The van der Waals surface area contributed by atoms with Gasteiger partial charge in [0.2, 0.25) is 5.60 Å². The molecule has 5 heteroatoms. The standard InChI is InChI=1S/C28H32FNO3/c1-4-28(3,27(31)32)33-22-13-10-19(11-14-22)20-9-12-21(17-20)30-18(2)23-15-16-26(29)25-8-6-5-7-24(23)25/h5-8,10-11,13-16,18,20-21,30H,4,9,12,17H2,1-3H3,(H,31,32)/t18-,20?,21?,28?/m1/s1. The molecule has 1 aliphatic carbocycles. The molecule has 1 saturated carbocycles. The average Bonchev–Trinajstić information content (AvgIpc) is 3.28. The van der Waals surface area contributed by atoms with Crippen LogP contribution < -0.4 is 10.1 Å². The van der Waals surface area contributed by atoms with Gasteiger partial charge in [0, 0.05) is 17.5 Å². The second kappa shape index (κ2) is 9.52. The minimum Gasteiger partial charge on any atom is -0.478 e. The Morgan fingerprint density at radius 1 is 1.12 bits per heavy atom. The number of fused-ring (bicyclic) bond motifs is 1. The summed E-state index contributed by atoms with van der Waals surface area (Å²) in [6.07, 6.45) is 3.60. The van der Waals surface area contributed by atoms with Gasteiger partial charge in [0.15, 0.2) is 0 Å². The highest BCUT2D eigenvalue weighted by Crippen LogP contribution is 2.37. The molecular formula is C28H32FNO3. The molecule has 0 spiro atoms. The van der Waals surface area contributed by atoms with Crippen LogP contribution >= 0.6 is 0 Å². The molecule has 1 aliphatic rings. The Hall–Kier alpha value is -2.92. The van der Waals surface area contributed by atoms with E-state index in [4.69, 9.17) is 4.74 Å². The second-order valence-electron chi connectivity index (χ2n) is 9.34. The molecule has 0 heterocycles. The highest BCUT2D eigenvalue weighted by Gasteiger charge is 2.33. The summed E-state index contributed by atoms with van der Waals surface area (Å²) < 4.78 is 20.0. The van der Waals surface area contributed by atoms with Gasteiger partial charge in [0.25, 0.3) is 0 Å². The zero-order valence-corrected chi connectivity index (χ0v) is 19.5. The van der Waals surface area contributed by atoms with Crippen molar-refractivity contribution in [2.75, 3.05) is 0 Å². The number of hydrogen-bond acceptors (Lipinski definition) is 3. The van der Waals surface area contributed by atoms with Gasteiger partial charge >= 0.3 is 5.97 Å². The molecule has 0 saturated heterocycles. The molecule has 0 amide bonds. The topological polar surface area (TPSA) is 58.6 Å². The maximum atomic E-state index is 14.2. The van der Waals surface area contributed by atoms with Crippen LogP contribution in [0.25, 0.3) is 10.8 Å². The van der Waals surface area contributed by atoms with E-state index in [-0.39, 0.29) is 11.9 Å². The number of nitrogens with one attached hydrogen (secondary N) is 1. The van der Waals surface area contributed by atoms with Crippen LogP contribution in [0.3, 0.4) is 0 Å². The molecule has 2 N–H and O–H groups in total. The van der Waals surface area contributed by atoms with Crippen molar-refractivity contribution in [2.24, 2.45) is 0 Å². The maximum Gasteiger partial charge on any atom is 0.347 e. The Labute approximate surface area is 194 Å². The third kappa shape index (κ3) is 4.88. The minimum absolute atomic E-state index is 0.123. The summed E-state index contributed by atoms with van der Waals surface area (Å²) in [5.41, 5.74) is 1.15. The van der Waals surface area contributed by atoms with Crippen LogP contribution in [0.2, 0.25) is 0 Å². The Balaban J connectivity index is 1.40. The summed E-state index contributed by atoms with van der Waals surface area (Å²) >= 11 is 0. The molecule has 0 bridgehead atoms. The van der Waals surface area contributed by atoms with E-state index >= 15 is 0 Å². The van der Waals surface area contributed by atoms with Gasteiger partial charge in [0.05, 0.1) is 0 Å². The lowest BCUT2D eigenvalue weighted by Gasteiger charge is -2.25. The molecule has 0 radical (unpaired) electrons. The van der Waals surface area contributed by atoms with Gasteiger partial charge in [-0.1, -0.05) is 49.4 Å². The predicted octanol–water partition coefficient (Wildman–Crippen LogP) is 6.60. The fourth-order valence-electron chi connectivity index (χ4n) is 4.88. The first-order chi connectivity index (χ1) is 15.8. The number of halogens is 1. The van der Waals surface area contributed by atoms with Gasteiger partial charge in [-0.15, -0.1) is 0 Å². The zero-order valence-electron chi connectivity index (χ0n) is 19.5. The van der Waals surface area contributed by atoms with E-state index in [2.05, 4.69) is 24.4 Å². The van der Waals surface area contributed by atoms with E-state index in [9.17, 15) is 14.3 Å². The minimum atomic E-state index is -1.22. The lowest BCUT2D eigenvalue weighted by molar-refractivity contribution is -0.154. The fraction of sp³-hybridized carbons (Fsp3) is 0.393. The molecule has 0 aromatic heterocycles. The Morgan fingerprint density at radius 3 is 2.48 bits per heavy atom. The fourth-order valence-corrected chi connectivity index (χ4v) is 4.88. The SMILES string of the molecule is CCC(C)(Oc1ccc(C2CCC(N[C@H](C)c3ccc(F)c4ccccc34)C2)cc1)C(=O)O. The summed E-state index contributed by atoms with van der Waals surface area (Å²) in [6.45, 7) is 5.55. The largest absolute Gasteiger partial charge is 0.478 e. The smallest absolute Gasteiger partial charge is 0.347 e. The lowest BCUT2D eigenvalue weighted by atomic mass is 9.96. The summed E-state index contributed by atoms with van der Waals surface area (Å²) in [5, 5.41) is 14.8. The number of carboxylic acid groups (broad SMARTS) is 1. The molecule has 4 rings (SSSR count). The van der Waals surface area contributed by atoms with Gasteiger partial charge in [-0.3, -0.25) is 0 Å². The van der Waals surface area contributed by atoms with E-state index < -0.39 is 11.6 Å². The van der Waals surface area contributed by atoms with Crippen LogP contribution in [-0.2, 0) is 4.79 Å². The second-order valence-corrected chi connectivity index (χ2v) is 9.34. The van der Waals surface area contributed by atoms with Gasteiger partial charge in [-0.2, -0.15) is 0 Å². The number of carboxylic acids is 1. The first-order valence-electron chi connectivity index (χ1n) is 11.8. The number of ether oxygens (including phenoxy) is 1. The predicted molar refractivity (Wildman–Crippen MR) is 129 cm³/mol. The Bertz CT molecular complexity index is 1130. The van der Waals surface area contributed by atoms with E-state index in [0.29, 0.717) is 29.5 Å². The maximum absolute atomic E-state index is 14.2. The molecule has 1 fully saturated rings. The average molecular weight is 450 g/mol. The summed E-state index contributed by atoms with van der Waals surface area (Å²) in [5.74, 6) is -0.111. The van der Waals surface area contributed by atoms with Crippen LogP contribution in [0, 0.1) is 5.82 Å². The number of hydrogen-bond donors (Lipinski definition) is 2. The van der Waals surface area contributed by atoms with Gasteiger partial charge in [-0.05, 0) is 80.2 Å². The molecule has 3 unspecified atom stereocenters. The normalized spacial score (nSPS) is 21.0. The Kier molecular flexibility index (Phi) is 6.71. The first kappa shape index (κ1) is 23.2. The van der Waals surface area contributed by atoms with Crippen molar-refractivity contribution in [3.05, 3.63) is 77.6 Å². The third-order valence-electron chi connectivity index (χ3n) is 7.11. The van der Waals surface area contributed by atoms with Gasteiger partial charge in [0.1, 0.15) is 11.6 Å². The highest BCUT2D eigenvalue weighted by molar-refractivity contribution is 5.86. The van der Waals surface area contributed by atoms with E-state index in [1.807, 2.05) is 49.4 Å². The van der Waals surface area contributed by atoms with Crippen molar-refractivity contribution in [3.63, 3.8) is 0 Å².